The standard InChI is InChI=1S/C34H23INS2/c1-2-12-23-22(10-1)11-7-17-28(23)35-36(29-18-8-15-26-24-13-3-5-20-31(24)37-33(26)29)30-19-9-16-27-25-14-4-6-21-32(25)38-34(27)30/h1-5,7-20H,6,21H2/q-1. The summed E-state index contributed by atoms with van der Waals surface area (Å²) in [6, 6.07) is 38.3. The molecule has 0 saturated heterocycles. The predicted octanol–water partition coefficient (Wildman–Crippen LogP) is 7.39. The molecule has 0 atom stereocenters. The van der Waals surface area contributed by atoms with E-state index in [0.29, 0.717) is 0 Å². The monoisotopic (exact) mass is 636 g/mol. The van der Waals surface area contributed by atoms with E-state index < -0.39 is 21.5 Å². The number of halogens is 1. The summed E-state index contributed by atoms with van der Waals surface area (Å²) in [6.07, 6.45) is 6.97. The van der Waals surface area contributed by atoms with Crippen LogP contribution in [-0.2, 0) is 6.42 Å². The van der Waals surface area contributed by atoms with Crippen LogP contribution in [0.4, 0.5) is 11.4 Å². The average Bonchev–Trinajstić information content (AvgIpc) is 3.55. The van der Waals surface area contributed by atoms with Crippen molar-refractivity contribution in [1.29, 1.82) is 0 Å². The van der Waals surface area contributed by atoms with Crippen molar-refractivity contribution in [2.24, 2.45) is 0 Å². The van der Waals surface area contributed by atoms with Gasteiger partial charge in [0.1, 0.15) is 0 Å². The third kappa shape index (κ3) is 3.62. The number of hydrogen-bond acceptors (Lipinski definition) is 3. The van der Waals surface area contributed by atoms with Crippen molar-refractivity contribution < 1.29 is 21.5 Å². The van der Waals surface area contributed by atoms with Gasteiger partial charge < -0.3 is 0 Å². The van der Waals surface area contributed by atoms with Crippen LogP contribution in [0.2, 0.25) is 0 Å². The third-order valence-electron chi connectivity index (χ3n) is 7.35. The van der Waals surface area contributed by atoms with E-state index in [0.717, 1.165) is 12.8 Å². The molecule has 0 saturated carbocycles. The fourth-order valence-electron chi connectivity index (χ4n) is 5.57. The molecule has 0 fully saturated rings. The Morgan fingerprint density at radius 2 is 1.29 bits per heavy atom. The van der Waals surface area contributed by atoms with Gasteiger partial charge >= 0.3 is 242 Å². The van der Waals surface area contributed by atoms with Crippen LogP contribution in [0.1, 0.15) is 16.9 Å². The molecule has 0 aliphatic heterocycles. The van der Waals surface area contributed by atoms with E-state index in [1.165, 1.54) is 66.4 Å². The number of aryl methyl sites for hydroxylation is 1. The van der Waals surface area contributed by atoms with E-state index in [2.05, 4.69) is 118 Å². The van der Waals surface area contributed by atoms with E-state index in [-0.39, 0.29) is 0 Å². The number of nitrogens with zero attached hydrogens (tertiary/aromatic N) is 1. The van der Waals surface area contributed by atoms with Crippen LogP contribution in [0.15, 0.2) is 109 Å². The van der Waals surface area contributed by atoms with Gasteiger partial charge in [0, 0.05) is 0 Å². The first kappa shape index (κ1) is 22.8. The van der Waals surface area contributed by atoms with Crippen molar-refractivity contribution in [3.63, 3.8) is 0 Å². The van der Waals surface area contributed by atoms with Crippen molar-refractivity contribution in [2.45, 2.75) is 12.8 Å². The number of rotatable bonds is 4. The molecular weight excluding hydrogens is 613 g/mol. The summed E-state index contributed by atoms with van der Waals surface area (Å²) in [6.45, 7) is 0. The van der Waals surface area contributed by atoms with Crippen LogP contribution in [0.3, 0.4) is 0 Å². The van der Waals surface area contributed by atoms with Gasteiger partial charge in [-0.25, -0.2) is 0 Å². The molecular formula is C34H23INS2-. The molecule has 1 aliphatic rings. The van der Waals surface area contributed by atoms with Gasteiger partial charge in [-0.15, -0.1) is 0 Å². The SMILES string of the molecule is C1=Cc2c(sc3c(N([I-]c4cccc5ccccc45)c4cccc5c4sc4ccccc45)cccc23)CC1. The molecule has 5 aromatic carbocycles. The summed E-state index contributed by atoms with van der Waals surface area (Å²) in [5.41, 5.74) is 4.11. The van der Waals surface area contributed by atoms with Crippen molar-refractivity contribution in [3.05, 3.63) is 123 Å². The zero-order chi connectivity index (χ0) is 25.1. The van der Waals surface area contributed by atoms with E-state index in [9.17, 15) is 0 Å². The number of hydrogen-bond donors (Lipinski definition) is 0. The summed E-state index contributed by atoms with van der Waals surface area (Å²) >= 11 is 3.38. The van der Waals surface area contributed by atoms with Crippen LogP contribution in [0.25, 0.3) is 47.1 Å². The zero-order valence-corrected chi connectivity index (χ0v) is 24.3. The Labute approximate surface area is 240 Å². The predicted molar refractivity (Wildman–Crippen MR) is 163 cm³/mol. The van der Waals surface area contributed by atoms with Gasteiger partial charge in [0.25, 0.3) is 0 Å². The van der Waals surface area contributed by atoms with Crippen molar-refractivity contribution >= 4 is 81.2 Å². The van der Waals surface area contributed by atoms with Crippen LogP contribution in [0, 0.1) is 3.57 Å². The second-order valence-electron chi connectivity index (χ2n) is 9.61. The maximum absolute atomic E-state index is 2.69. The summed E-state index contributed by atoms with van der Waals surface area (Å²) in [7, 11) is 0. The zero-order valence-electron chi connectivity index (χ0n) is 20.5. The van der Waals surface area contributed by atoms with Gasteiger partial charge in [0.2, 0.25) is 0 Å². The molecule has 8 rings (SSSR count). The van der Waals surface area contributed by atoms with Crippen LogP contribution < -0.4 is 24.6 Å². The van der Waals surface area contributed by atoms with Crippen molar-refractivity contribution in [3.8, 4) is 0 Å². The maximum atomic E-state index is 2.69. The molecule has 1 nitrogen and oxygen atoms in total. The Bertz CT molecular complexity index is 2020. The normalized spacial score (nSPS) is 13.2. The topological polar surface area (TPSA) is 3.24 Å². The second-order valence-corrected chi connectivity index (χ2v) is 14.4. The molecule has 0 unspecified atom stereocenters. The number of thiophene rings is 2. The first-order chi connectivity index (χ1) is 18.8. The molecule has 1 aliphatic carbocycles. The molecule has 4 heteroatoms. The van der Waals surface area contributed by atoms with E-state index in [4.69, 9.17) is 0 Å². The van der Waals surface area contributed by atoms with Gasteiger partial charge in [-0.2, -0.15) is 0 Å². The molecule has 0 N–H and O–H groups in total. The molecule has 0 amide bonds. The summed E-state index contributed by atoms with van der Waals surface area (Å²) in [5.74, 6) is 0. The van der Waals surface area contributed by atoms with Crippen molar-refractivity contribution in [1.82, 2.24) is 0 Å². The molecule has 38 heavy (non-hydrogen) atoms. The summed E-state index contributed by atoms with van der Waals surface area (Å²) < 4.78 is 8.30. The molecule has 2 aromatic heterocycles. The quantitative estimate of drug-likeness (QED) is 0.144. The molecule has 0 spiro atoms. The first-order valence-corrected chi connectivity index (χ1v) is 16.6. The number of benzene rings is 5. The van der Waals surface area contributed by atoms with Crippen LogP contribution in [0.5, 0.6) is 0 Å². The van der Waals surface area contributed by atoms with Gasteiger partial charge in [-0.05, 0) is 0 Å². The van der Waals surface area contributed by atoms with E-state index in [1.807, 2.05) is 22.7 Å². The van der Waals surface area contributed by atoms with E-state index in [1.54, 1.807) is 0 Å². The van der Waals surface area contributed by atoms with Gasteiger partial charge in [-0.3, -0.25) is 0 Å². The molecule has 0 radical (unpaired) electrons. The Morgan fingerprint density at radius 1 is 0.605 bits per heavy atom. The molecule has 2 heterocycles. The van der Waals surface area contributed by atoms with Gasteiger partial charge in [0.15, 0.2) is 0 Å². The Kier molecular flexibility index (Phi) is 5.53. The second kappa shape index (κ2) is 9.23. The fraction of sp³-hybridized carbons (Fsp3) is 0.0588. The Balaban J connectivity index is 1.41. The Morgan fingerprint density at radius 3 is 2.18 bits per heavy atom. The fourth-order valence-corrected chi connectivity index (χ4v) is 11.4. The van der Waals surface area contributed by atoms with E-state index >= 15 is 0 Å². The number of anilines is 2. The minimum absolute atomic E-state index is 0.544. The van der Waals surface area contributed by atoms with Gasteiger partial charge in [-0.1, -0.05) is 0 Å². The molecule has 184 valence electrons. The van der Waals surface area contributed by atoms with Crippen LogP contribution >= 0.6 is 22.7 Å². The number of fused-ring (bicyclic) bond motifs is 7. The first-order valence-electron chi connectivity index (χ1n) is 12.9. The number of allylic oxidation sites excluding steroid dienone is 1. The van der Waals surface area contributed by atoms with Gasteiger partial charge in [0.05, 0.1) is 0 Å². The molecule has 7 aromatic rings. The molecule has 0 bridgehead atoms. The third-order valence-corrected chi connectivity index (χ3v) is 12.8. The minimum atomic E-state index is -0.544. The van der Waals surface area contributed by atoms with Crippen molar-refractivity contribution in [2.75, 3.05) is 3.11 Å². The summed E-state index contributed by atoms with van der Waals surface area (Å²) in [4.78, 5) is 1.53. The van der Waals surface area contributed by atoms with Crippen LogP contribution in [-0.4, -0.2) is 0 Å². The summed E-state index contributed by atoms with van der Waals surface area (Å²) in [5, 5.41) is 6.80. The average molecular weight is 637 g/mol. The Hall–Kier alpha value is -3.19.